The summed E-state index contributed by atoms with van der Waals surface area (Å²) in [6, 6.07) is 21.9. The molecule has 106 valence electrons. The van der Waals surface area contributed by atoms with Crippen LogP contribution in [0.1, 0.15) is 16.2 Å². The smallest absolute Gasteiger partial charge is 0.276 e. The zero-order valence-corrected chi connectivity index (χ0v) is 11.6. The minimum Gasteiger partial charge on any atom is -0.321 e. The zero-order valence-electron chi connectivity index (χ0n) is 11.6. The third-order valence-electron chi connectivity index (χ3n) is 3.09. The summed E-state index contributed by atoms with van der Waals surface area (Å²) in [5.41, 5.74) is 1.92. The number of carbonyl (C=O) groups is 1. The van der Waals surface area contributed by atoms with Gasteiger partial charge in [-0.05, 0) is 24.3 Å². The van der Waals surface area contributed by atoms with Gasteiger partial charge in [0.05, 0.1) is 5.69 Å². The van der Waals surface area contributed by atoms with Gasteiger partial charge >= 0.3 is 0 Å². The second-order valence-electron chi connectivity index (χ2n) is 4.59. The molecule has 1 heterocycles. The van der Waals surface area contributed by atoms with Gasteiger partial charge in [-0.15, -0.1) is 0 Å². The van der Waals surface area contributed by atoms with Gasteiger partial charge in [-0.1, -0.05) is 36.4 Å². The van der Waals surface area contributed by atoms with Crippen LogP contribution < -0.4 is 5.32 Å². The molecule has 0 aliphatic heterocycles. The first-order valence-corrected chi connectivity index (χ1v) is 6.70. The van der Waals surface area contributed by atoms with Gasteiger partial charge < -0.3 is 5.32 Å². The van der Waals surface area contributed by atoms with Gasteiger partial charge in [0.15, 0.2) is 5.69 Å². The SMILES string of the molecule is N#Cc1cc(C(=O)Nc2ccccc2)nn1-c1ccccc1. The van der Waals surface area contributed by atoms with Crippen LogP contribution in [0.2, 0.25) is 0 Å². The highest BCUT2D eigenvalue weighted by Gasteiger charge is 2.15. The standard InChI is InChI=1S/C17H12N4O/c18-12-15-11-16(17(22)19-13-7-3-1-4-8-13)20-21(15)14-9-5-2-6-10-14/h1-11H,(H,19,22). The minimum absolute atomic E-state index is 0.198. The number of anilines is 1. The fraction of sp³-hybridized carbons (Fsp3) is 0. The molecule has 22 heavy (non-hydrogen) atoms. The Morgan fingerprint density at radius 3 is 2.32 bits per heavy atom. The van der Waals surface area contributed by atoms with Crippen molar-refractivity contribution in [2.45, 2.75) is 0 Å². The molecule has 0 radical (unpaired) electrons. The summed E-state index contributed by atoms with van der Waals surface area (Å²) in [5, 5.41) is 16.2. The topological polar surface area (TPSA) is 70.7 Å². The number of nitriles is 1. The first-order chi connectivity index (χ1) is 10.8. The highest BCUT2D eigenvalue weighted by Crippen LogP contribution is 2.13. The summed E-state index contributed by atoms with van der Waals surface area (Å²) in [5.74, 6) is -0.350. The first-order valence-electron chi connectivity index (χ1n) is 6.70. The van der Waals surface area contributed by atoms with Crippen molar-refractivity contribution < 1.29 is 4.79 Å². The Morgan fingerprint density at radius 1 is 1.05 bits per heavy atom. The van der Waals surface area contributed by atoms with Crippen LogP contribution in [0.4, 0.5) is 5.69 Å². The second-order valence-corrected chi connectivity index (χ2v) is 4.59. The Bertz CT molecular complexity index is 832. The molecule has 3 aromatic rings. The number of hydrogen-bond donors (Lipinski definition) is 1. The van der Waals surface area contributed by atoms with E-state index >= 15 is 0 Å². The van der Waals surface area contributed by atoms with Gasteiger partial charge in [0.25, 0.3) is 5.91 Å². The third kappa shape index (κ3) is 2.72. The van der Waals surface area contributed by atoms with Crippen molar-refractivity contribution in [2.75, 3.05) is 5.32 Å². The molecule has 0 atom stereocenters. The van der Waals surface area contributed by atoms with Crippen LogP contribution in [0.3, 0.4) is 0 Å². The molecule has 0 unspecified atom stereocenters. The molecule has 3 rings (SSSR count). The van der Waals surface area contributed by atoms with Crippen molar-refractivity contribution in [3.63, 3.8) is 0 Å². The van der Waals surface area contributed by atoms with Crippen molar-refractivity contribution in [1.29, 1.82) is 5.26 Å². The van der Waals surface area contributed by atoms with E-state index in [4.69, 9.17) is 0 Å². The maximum absolute atomic E-state index is 12.2. The first kappa shape index (κ1) is 13.6. The molecule has 0 spiro atoms. The maximum atomic E-state index is 12.2. The summed E-state index contributed by atoms with van der Waals surface area (Å²) in [6.45, 7) is 0. The van der Waals surface area contributed by atoms with Gasteiger partial charge in [-0.25, -0.2) is 4.68 Å². The van der Waals surface area contributed by atoms with E-state index in [-0.39, 0.29) is 11.6 Å². The van der Waals surface area contributed by atoms with E-state index in [1.165, 1.54) is 10.7 Å². The van der Waals surface area contributed by atoms with E-state index < -0.39 is 0 Å². The highest BCUT2D eigenvalue weighted by atomic mass is 16.1. The Morgan fingerprint density at radius 2 is 1.68 bits per heavy atom. The Kier molecular flexibility index (Phi) is 3.67. The van der Waals surface area contributed by atoms with Crippen LogP contribution >= 0.6 is 0 Å². The van der Waals surface area contributed by atoms with Crippen molar-refractivity contribution in [3.8, 4) is 11.8 Å². The zero-order chi connectivity index (χ0) is 15.4. The molecule has 0 aliphatic rings. The second kappa shape index (κ2) is 5.94. The van der Waals surface area contributed by atoms with Crippen LogP contribution in [0.25, 0.3) is 5.69 Å². The molecule has 0 saturated heterocycles. The molecule has 5 heteroatoms. The molecule has 5 nitrogen and oxygen atoms in total. The monoisotopic (exact) mass is 288 g/mol. The van der Waals surface area contributed by atoms with Crippen LogP contribution in [0.15, 0.2) is 66.7 Å². The van der Waals surface area contributed by atoms with E-state index in [1.54, 1.807) is 12.1 Å². The van der Waals surface area contributed by atoms with E-state index in [2.05, 4.69) is 16.5 Å². The summed E-state index contributed by atoms with van der Waals surface area (Å²) in [6.07, 6.45) is 0. The number of para-hydroxylation sites is 2. The number of rotatable bonds is 3. The third-order valence-corrected chi connectivity index (χ3v) is 3.09. The molecule has 1 amide bonds. The lowest BCUT2D eigenvalue weighted by molar-refractivity contribution is 0.102. The van der Waals surface area contributed by atoms with Crippen LogP contribution in [0.5, 0.6) is 0 Å². The number of amides is 1. The highest BCUT2D eigenvalue weighted by molar-refractivity contribution is 6.03. The predicted molar refractivity (Wildman–Crippen MR) is 82.7 cm³/mol. The average Bonchev–Trinajstić information content (AvgIpc) is 3.01. The van der Waals surface area contributed by atoms with E-state index in [0.717, 1.165) is 5.69 Å². The number of carbonyl (C=O) groups excluding carboxylic acids is 1. The quantitative estimate of drug-likeness (QED) is 0.805. The van der Waals surface area contributed by atoms with Crippen molar-refractivity contribution in [2.24, 2.45) is 0 Å². The summed E-state index contributed by atoms with van der Waals surface area (Å²) < 4.78 is 1.46. The molecule has 0 fully saturated rings. The lowest BCUT2D eigenvalue weighted by Gasteiger charge is -2.03. The molecule has 0 saturated carbocycles. The Labute approximate surface area is 127 Å². The molecular formula is C17H12N4O. The number of aromatic nitrogens is 2. The molecule has 1 aromatic heterocycles. The summed E-state index contributed by atoms with van der Waals surface area (Å²) in [7, 11) is 0. The number of nitrogens with one attached hydrogen (secondary N) is 1. The van der Waals surface area contributed by atoms with Crippen molar-refractivity contribution in [1.82, 2.24) is 9.78 Å². The van der Waals surface area contributed by atoms with Gasteiger partial charge in [-0.3, -0.25) is 4.79 Å². The lowest BCUT2D eigenvalue weighted by atomic mass is 10.3. The summed E-state index contributed by atoms with van der Waals surface area (Å²) >= 11 is 0. The number of hydrogen-bond acceptors (Lipinski definition) is 3. The molecule has 1 N–H and O–H groups in total. The number of nitrogens with zero attached hydrogens (tertiary/aromatic N) is 3. The fourth-order valence-corrected chi connectivity index (χ4v) is 2.05. The predicted octanol–water partition coefficient (Wildman–Crippen LogP) is 3.00. The Balaban J connectivity index is 1.91. The summed E-state index contributed by atoms with van der Waals surface area (Å²) in [4.78, 5) is 12.2. The fourth-order valence-electron chi connectivity index (χ4n) is 2.05. The molecule has 0 bridgehead atoms. The van der Waals surface area contributed by atoms with Gasteiger partial charge in [0.1, 0.15) is 11.8 Å². The van der Waals surface area contributed by atoms with Crippen LogP contribution in [0, 0.1) is 11.3 Å². The van der Waals surface area contributed by atoms with Gasteiger partial charge in [-0.2, -0.15) is 10.4 Å². The molecule has 0 aliphatic carbocycles. The normalized spacial score (nSPS) is 9.95. The molecular weight excluding hydrogens is 276 g/mol. The van der Waals surface area contributed by atoms with Crippen LogP contribution in [-0.4, -0.2) is 15.7 Å². The number of benzene rings is 2. The van der Waals surface area contributed by atoms with Crippen LogP contribution in [-0.2, 0) is 0 Å². The van der Waals surface area contributed by atoms with Crippen molar-refractivity contribution >= 4 is 11.6 Å². The van der Waals surface area contributed by atoms with Gasteiger partial charge in [0.2, 0.25) is 0 Å². The van der Waals surface area contributed by atoms with E-state index in [9.17, 15) is 10.1 Å². The average molecular weight is 288 g/mol. The minimum atomic E-state index is -0.350. The van der Waals surface area contributed by atoms with Gasteiger partial charge in [0, 0.05) is 11.8 Å². The lowest BCUT2D eigenvalue weighted by Crippen LogP contribution is -2.13. The maximum Gasteiger partial charge on any atom is 0.276 e. The van der Waals surface area contributed by atoms with E-state index in [0.29, 0.717) is 11.4 Å². The van der Waals surface area contributed by atoms with E-state index in [1.807, 2.05) is 48.5 Å². The Hall–Kier alpha value is -3.39. The largest absolute Gasteiger partial charge is 0.321 e. The van der Waals surface area contributed by atoms with Crippen molar-refractivity contribution in [3.05, 3.63) is 78.1 Å². The molecule has 2 aromatic carbocycles.